The zero-order chi connectivity index (χ0) is 34.7. The van der Waals surface area contributed by atoms with Gasteiger partial charge in [0.2, 0.25) is 18.4 Å². The molecule has 0 saturated carbocycles. The van der Waals surface area contributed by atoms with Crippen molar-refractivity contribution in [1.82, 2.24) is 20.2 Å². The molecule has 0 aromatic carbocycles. The molecule has 0 aliphatic carbocycles. The van der Waals surface area contributed by atoms with Crippen molar-refractivity contribution in [2.24, 2.45) is 5.16 Å². The van der Waals surface area contributed by atoms with Crippen LogP contribution in [-0.4, -0.2) is 115 Å². The van der Waals surface area contributed by atoms with E-state index in [4.69, 9.17) is 9.57 Å². The molecule has 0 spiro atoms. The van der Waals surface area contributed by atoms with Crippen molar-refractivity contribution in [1.29, 1.82) is 0 Å². The molecule has 4 rings (SSSR count). The van der Waals surface area contributed by atoms with Gasteiger partial charge in [0.25, 0.3) is 11.8 Å². The maximum Gasteiger partial charge on any atom is 0.352 e. The maximum atomic E-state index is 13.4. The Balaban J connectivity index is 1.51. The molecule has 2 aliphatic heterocycles. The number of oxime groups is 1. The minimum Gasteiger partial charge on any atom is -0.503 e. The summed E-state index contributed by atoms with van der Waals surface area (Å²) in [5.74, 6) is -3.77. The first-order chi connectivity index (χ1) is 22.0. The van der Waals surface area contributed by atoms with Crippen molar-refractivity contribution in [3.8, 4) is 5.75 Å². The number of aromatic amines is 1. The second kappa shape index (κ2) is 13.9. The maximum absolute atomic E-state index is 13.4. The van der Waals surface area contributed by atoms with Gasteiger partial charge in [-0.25, -0.2) is 14.6 Å². The molecule has 19 heteroatoms. The Labute approximate surface area is 276 Å². The SMILES string of the molecule is CC(C)(C)OC(=O)CON=C(C(=O)N[C@@H]1C(=O)N2C(C(=O)O)=C(C[N+](C)(C)Cc3cc(=O)c(O)c[nH]3)CS[C@@H]12)c1csc(NC=O)n1. The van der Waals surface area contributed by atoms with Gasteiger partial charge >= 0.3 is 11.9 Å². The van der Waals surface area contributed by atoms with Crippen LogP contribution in [0.1, 0.15) is 32.2 Å². The van der Waals surface area contributed by atoms with Crippen LogP contribution >= 0.6 is 23.1 Å². The number of β-lactam (4-membered cyclic amide) rings is 1. The van der Waals surface area contributed by atoms with E-state index in [1.165, 1.54) is 29.4 Å². The summed E-state index contributed by atoms with van der Waals surface area (Å²) in [6.45, 7) is 4.89. The fourth-order valence-electron chi connectivity index (χ4n) is 4.87. The molecule has 2 aliphatic rings. The number of rotatable bonds is 13. The number of hydrogen-bond donors (Lipinski definition) is 5. The number of amides is 3. The van der Waals surface area contributed by atoms with E-state index in [9.17, 15) is 39.0 Å². The molecular weight excluding hydrogens is 658 g/mol. The van der Waals surface area contributed by atoms with Gasteiger partial charge in [-0.15, -0.1) is 23.1 Å². The predicted molar refractivity (Wildman–Crippen MR) is 169 cm³/mol. The monoisotopic (exact) mass is 692 g/mol. The Morgan fingerprint density at radius 1 is 1.26 bits per heavy atom. The lowest BCUT2D eigenvalue weighted by Gasteiger charge is -2.49. The Morgan fingerprint density at radius 3 is 2.62 bits per heavy atom. The number of quaternary nitrogens is 1. The molecular formula is C28H34N7O10S2+. The lowest BCUT2D eigenvalue weighted by atomic mass is 10.0. The highest BCUT2D eigenvalue weighted by molar-refractivity contribution is 8.00. The number of thiazole rings is 1. The minimum atomic E-state index is -1.31. The van der Waals surface area contributed by atoms with Crippen LogP contribution < -0.4 is 16.1 Å². The van der Waals surface area contributed by atoms with E-state index in [0.29, 0.717) is 24.2 Å². The number of carbonyl (C=O) groups is 5. The Kier molecular flexibility index (Phi) is 10.4. The summed E-state index contributed by atoms with van der Waals surface area (Å²) in [5.41, 5.74) is -0.905. The minimum absolute atomic E-state index is 0.00987. The van der Waals surface area contributed by atoms with Crippen LogP contribution in [0.3, 0.4) is 0 Å². The average molecular weight is 693 g/mol. The number of anilines is 1. The third-order valence-corrected chi connectivity index (χ3v) is 8.72. The molecule has 2 atom stereocenters. The third kappa shape index (κ3) is 8.54. The summed E-state index contributed by atoms with van der Waals surface area (Å²) in [5, 5.41) is 29.2. The predicted octanol–water partition coefficient (Wildman–Crippen LogP) is 0.183. The van der Waals surface area contributed by atoms with Gasteiger partial charge < -0.3 is 39.9 Å². The van der Waals surface area contributed by atoms with Gasteiger partial charge in [-0.05, 0) is 20.8 Å². The van der Waals surface area contributed by atoms with Crippen molar-refractivity contribution < 1.29 is 48.2 Å². The molecule has 0 unspecified atom stereocenters. The lowest BCUT2D eigenvalue weighted by Crippen LogP contribution is -2.71. The van der Waals surface area contributed by atoms with E-state index in [1.807, 2.05) is 14.1 Å². The number of aromatic nitrogens is 2. The number of pyridine rings is 1. The number of aliphatic carboxylic acids is 1. The van der Waals surface area contributed by atoms with Crippen LogP contribution in [0.2, 0.25) is 0 Å². The number of carboxylic acid groups (broad SMARTS) is 1. The van der Waals surface area contributed by atoms with E-state index < -0.39 is 64.3 Å². The first kappa shape index (κ1) is 35.1. The second-order valence-electron chi connectivity index (χ2n) is 12.2. The fraction of sp³-hybridized carbons (Fsp3) is 0.429. The molecule has 5 N–H and O–H groups in total. The van der Waals surface area contributed by atoms with Crippen LogP contribution in [0.15, 0.2) is 38.9 Å². The van der Waals surface area contributed by atoms with Crippen LogP contribution in [0.4, 0.5) is 5.13 Å². The van der Waals surface area contributed by atoms with Crippen molar-refractivity contribution in [2.45, 2.75) is 44.3 Å². The third-order valence-electron chi connectivity index (χ3n) is 6.61. The number of nitrogens with one attached hydrogen (secondary N) is 3. The number of esters is 1. The summed E-state index contributed by atoms with van der Waals surface area (Å²) in [7, 11) is 3.66. The number of nitrogens with zero attached hydrogens (tertiary/aromatic N) is 4. The molecule has 2 aromatic heterocycles. The topological polar surface area (TPSA) is 230 Å². The second-order valence-corrected chi connectivity index (χ2v) is 14.1. The summed E-state index contributed by atoms with van der Waals surface area (Å²) in [4.78, 5) is 87.1. The van der Waals surface area contributed by atoms with Gasteiger partial charge in [0.15, 0.2) is 16.6 Å². The number of carboxylic acids is 1. The van der Waals surface area contributed by atoms with Crippen LogP contribution in [0.5, 0.6) is 5.75 Å². The van der Waals surface area contributed by atoms with Crippen molar-refractivity contribution in [3.63, 3.8) is 0 Å². The molecule has 17 nitrogen and oxygen atoms in total. The fourth-order valence-corrected chi connectivity index (χ4v) is 6.86. The summed E-state index contributed by atoms with van der Waals surface area (Å²) in [6, 6.07) is 0.153. The molecule has 3 amide bonds. The normalized spacial score (nSPS) is 18.2. The quantitative estimate of drug-likeness (QED) is 0.0473. The summed E-state index contributed by atoms with van der Waals surface area (Å²) in [6.07, 6.45) is 1.59. The van der Waals surface area contributed by atoms with E-state index in [2.05, 4.69) is 25.8 Å². The number of ether oxygens (including phenoxy) is 1. The van der Waals surface area contributed by atoms with Crippen molar-refractivity contribution >= 4 is 64.1 Å². The van der Waals surface area contributed by atoms with Gasteiger partial charge in [0.1, 0.15) is 41.5 Å². The highest BCUT2D eigenvalue weighted by atomic mass is 32.2. The Hall–Kier alpha value is -4.75. The van der Waals surface area contributed by atoms with Gasteiger partial charge in [-0.2, -0.15) is 0 Å². The van der Waals surface area contributed by atoms with E-state index >= 15 is 0 Å². The smallest absolute Gasteiger partial charge is 0.352 e. The molecule has 0 bridgehead atoms. The zero-order valence-corrected chi connectivity index (χ0v) is 27.7. The van der Waals surface area contributed by atoms with E-state index in [-0.39, 0.29) is 33.3 Å². The number of aromatic hydroxyl groups is 1. The molecule has 0 radical (unpaired) electrons. The number of H-pyrrole nitrogens is 1. The Bertz CT molecular complexity index is 1710. The standard InChI is InChI=1S/C28H33N7O10S2/c1-28(2,3)45-19(39)10-44-33-20(16-12-47-27(31-16)30-13-36)23(40)32-21-24(41)34-22(26(42)43)14(11-46-25(21)34)8-35(4,5)9-15-6-17(37)18(38)7-29-15/h6-7,12-13,21,25H,8-11H2,1-5H3,(H4-,29,30,31,32,33,36,37,38,40,42,43)/p+1/t21-,25+/m1/s1. The highest BCUT2D eigenvalue weighted by Crippen LogP contribution is 2.41. The largest absolute Gasteiger partial charge is 0.503 e. The summed E-state index contributed by atoms with van der Waals surface area (Å²) >= 11 is 2.26. The average Bonchev–Trinajstić information content (AvgIpc) is 3.42. The number of carbonyl (C=O) groups excluding carboxylic acids is 4. The lowest BCUT2D eigenvalue weighted by molar-refractivity contribution is -0.899. The van der Waals surface area contributed by atoms with Gasteiger partial charge in [-0.1, -0.05) is 5.16 Å². The zero-order valence-electron chi connectivity index (χ0n) is 26.1. The van der Waals surface area contributed by atoms with Gasteiger partial charge in [0, 0.05) is 29.0 Å². The molecule has 252 valence electrons. The molecule has 1 saturated heterocycles. The van der Waals surface area contributed by atoms with E-state index in [0.717, 1.165) is 16.2 Å². The van der Waals surface area contributed by atoms with E-state index in [1.54, 1.807) is 20.8 Å². The van der Waals surface area contributed by atoms with Crippen LogP contribution in [-0.2, 0) is 40.1 Å². The molecule has 2 aromatic rings. The number of hydrogen-bond acceptors (Lipinski definition) is 13. The van der Waals surface area contributed by atoms with Gasteiger partial charge in [0.05, 0.1) is 19.8 Å². The highest BCUT2D eigenvalue weighted by Gasteiger charge is 2.55. The van der Waals surface area contributed by atoms with Crippen LogP contribution in [0.25, 0.3) is 0 Å². The number of thioether (sulfide) groups is 1. The van der Waals surface area contributed by atoms with Crippen molar-refractivity contribution in [2.75, 3.05) is 38.3 Å². The number of fused-ring (bicyclic) bond motifs is 1. The van der Waals surface area contributed by atoms with Crippen LogP contribution in [0, 0.1) is 0 Å². The molecule has 47 heavy (non-hydrogen) atoms. The first-order valence-electron chi connectivity index (χ1n) is 14.0. The molecule has 1 fully saturated rings. The van der Waals surface area contributed by atoms with Crippen molar-refractivity contribution in [3.05, 3.63) is 50.5 Å². The Morgan fingerprint density at radius 2 is 1.98 bits per heavy atom. The number of likely N-dealkylation sites (N-methyl/N-ethyl adjacent to an activating group) is 1. The molecule has 4 heterocycles. The first-order valence-corrected chi connectivity index (χ1v) is 15.9. The summed E-state index contributed by atoms with van der Waals surface area (Å²) < 4.78 is 5.39. The van der Waals surface area contributed by atoms with Gasteiger partial charge in [-0.3, -0.25) is 24.1 Å².